The molecule has 0 aliphatic carbocycles. The first-order chi connectivity index (χ1) is 16.9. The van der Waals surface area contributed by atoms with Crippen LogP contribution in [0.2, 0.25) is 5.02 Å². The molecule has 4 N–H and O–H groups in total. The third-order valence-corrected chi connectivity index (χ3v) is 5.81. The molecule has 3 aromatic carbocycles. The van der Waals surface area contributed by atoms with Gasteiger partial charge in [-0.05, 0) is 35.0 Å². The summed E-state index contributed by atoms with van der Waals surface area (Å²) in [5.41, 5.74) is 7.24. The summed E-state index contributed by atoms with van der Waals surface area (Å²) in [4.78, 5) is 16.9. The molecule has 0 radical (unpaired) electrons. The lowest BCUT2D eigenvalue weighted by Gasteiger charge is -2.25. The first-order valence-electron chi connectivity index (χ1n) is 10.6. The highest BCUT2D eigenvalue weighted by Gasteiger charge is 2.44. The molecule has 10 nitrogen and oxygen atoms in total. The van der Waals surface area contributed by atoms with Crippen molar-refractivity contribution < 1.29 is 9.90 Å². The van der Waals surface area contributed by atoms with Crippen LogP contribution in [0.1, 0.15) is 21.5 Å². The van der Waals surface area contributed by atoms with Gasteiger partial charge in [0.25, 0.3) is 5.91 Å². The number of nitrogens with two attached hydrogens (primary N) is 1. The highest BCUT2D eigenvalue weighted by atomic mass is 35.5. The fourth-order valence-electron chi connectivity index (χ4n) is 3.81. The zero-order chi connectivity index (χ0) is 24.4. The standard InChI is InChI=1S/C24H19ClN8O2/c25-19-11-9-15(10-12-19)20-24(35,18-7-2-1-3-8-18)14-33(30-20)23(26)27-22(34)17-6-4-5-16(13-17)21-28-31-32-29-21/h1-13,35H,14H2,(H2,26,27,34)(H,28,29,31,32). The number of nitrogens with zero attached hydrogens (tertiary/aromatic N) is 6. The number of carbonyl (C=O) groups excluding carboxylic acids is 1. The van der Waals surface area contributed by atoms with E-state index in [9.17, 15) is 9.90 Å². The van der Waals surface area contributed by atoms with E-state index in [0.717, 1.165) is 0 Å². The lowest BCUT2D eigenvalue weighted by Crippen LogP contribution is -2.42. The third kappa shape index (κ3) is 4.39. The summed E-state index contributed by atoms with van der Waals surface area (Å²) in [6.45, 7) is -0.0273. The summed E-state index contributed by atoms with van der Waals surface area (Å²) in [5.74, 6) is -0.384. The fraction of sp³-hybridized carbons (Fsp3) is 0.0833. The number of hydrazone groups is 1. The third-order valence-electron chi connectivity index (χ3n) is 5.55. The SMILES string of the molecule is NC(=NC(=O)c1cccc(-c2nn[nH]n2)c1)N1CC(O)(c2ccccc2)C(c2ccc(Cl)cc2)=N1. The molecule has 35 heavy (non-hydrogen) atoms. The Bertz CT molecular complexity index is 1420. The van der Waals surface area contributed by atoms with Crippen molar-refractivity contribution in [2.24, 2.45) is 15.8 Å². The van der Waals surface area contributed by atoms with Crippen LogP contribution in [0.5, 0.6) is 0 Å². The van der Waals surface area contributed by atoms with Gasteiger partial charge in [0.1, 0.15) is 5.71 Å². The minimum Gasteiger partial charge on any atom is -0.377 e. The van der Waals surface area contributed by atoms with Gasteiger partial charge >= 0.3 is 0 Å². The summed E-state index contributed by atoms with van der Waals surface area (Å²) in [5, 5.41) is 31.9. The Balaban J connectivity index is 1.48. The number of rotatable bonds is 4. The van der Waals surface area contributed by atoms with Gasteiger partial charge in [-0.25, -0.2) is 5.01 Å². The van der Waals surface area contributed by atoms with Crippen molar-refractivity contribution in [2.45, 2.75) is 5.60 Å². The van der Waals surface area contributed by atoms with E-state index >= 15 is 0 Å². The number of benzene rings is 3. The molecule has 0 saturated carbocycles. The molecule has 1 aliphatic heterocycles. The second kappa shape index (κ2) is 9.09. The number of aromatic amines is 1. The van der Waals surface area contributed by atoms with Gasteiger partial charge in [-0.3, -0.25) is 4.79 Å². The number of amides is 1. The van der Waals surface area contributed by atoms with Crippen LogP contribution < -0.4 is 5.73 Å². The largest absolute Gasteiger partial charge is 0.377 e. The van der Waals surface area contributed by atoms with Crippen molar-refractivity contribution in [1.82, 2.24) is 25.6 Å². The smallest absolute Gasteiger partial charge is 0.280 e. The average molecular weight is 487 g/mol. The molecule has 1 aromatic heterocycles. The molecule has 4 aromatic rings. The molecule has 0 saturated heterocycles. The Labute approximate surface area is 204 Å². The van der Waals surface area contributed by atoms with Gasteiger partial charge in [-0.1, -0.05) is 66.2 Å². The van der Waals surface area contributed by atoms with Gasteiger partial charge in [0.05, 0.1) is 6.54 Å². The predicted molar refractivity (Wildman–Crippen MR) is 131 cm³/mol. The maximum atomic E-state index is 12.9. The van der Waals surface area contributed by atoms with E-state index in [1.807, 2.05) is 18.2 Å². The van der Waals surface area contributed by atoms with Gasteiger partial charge in [0.15, 0.2) is 5.60 Å². The van der Waals surface area contributed by atoms with Crippen LogP contribution in [0, 0.1) is 0 Å². The number of guanidine groups is 1. The van der Waals surface area contributed by atoms with E-state index < -0.39 is 11.5 Å². The first-order valence-corrected chi connectivity index (χ1v) is 10.9. The first kappa shape index (κ1) is 22.4. The molecule has 11 heteroatoms. The number of halogens is 1. The van der Waals surface area contributed by atoms with Gasteiger partial charge in [-0.2, -0.15) is 15.3 Å². The highest BCUT2D eigenvalue weighted by molar-refractivity contribution is 6.30. The minimum absolute atomic E-state index is 0.0273. The number of H-pyrrole nitrogens is 1. The number of β-amino-alcohol motifs (C(OH)–C–C–N with tert-alkyl or cyclic N) is 1. The zero-order valence-electron chi connectivity index (χ0n) is 18.2. The number of carbonyl (C=O) groups is 1. The monoisotopic (exact) mass is 486 g/mol. The molecule has 1 atom stereocenters. The number of hydrogen-bond acceptors (Lipinski definition) is 6. The molecule has 1 amide bonds. The number of aliphatic imine (C=N–C) groups is 1. The van der Waals surface area contributed by atoms with Gasteiger partial charge < -0.3 is 10.8 Å². The number of hydrogen-bond donors (Lipinski definition) is 3. The topological polar surface area (TPSA) is 146 Å². The second-order valence-corrected chi connectivity index (χ2v) is 8.27. The Hall–Kier alpha value is -4.41. The van der Waals surface area contributed by atoms with Crippen molar-refractivity contribution in [1.29, 1.82) is 0 Å². The molecule has 1 aliphatic rings. The minimum atomic E-state index is -1.49. The van der Waals surface area contributed by atoms with Crippen LogP contribution in [-0.4, -0.2) is 54.9 Å². The van der Waals surface area contributed by atoms with Gasteiger partial charge in [-0.15, -0.1) is 10.2 Å². The Morgan fingerprint density at radius 3 is 2.54 bits per heavy atom. The van der Waals surface area contributed by atoms with Crippen molar-refractivity contribution in [3.8, 4) is 11.4 Å². The maximum absolute atomic E-state index is 12.9. The number of aromatic nitrogens is 4. The molecular formula is C24H19ClN8O2. The Kier molecular flexibility index (Phi) is 5.81. The summed E-state index contributed by atoms with van der Waals surface area (Å²) in [7, 11) is 0. The Morgan fingerprint density at radius 2 is 1.83 bits per heavy atom. The van der Waals surface area contributed by atoms with E-state index in [4.69, 9.17) is 17.3 Å². The summed E-state index contributed by atoms with van der Waals surface area (Å²) >= 11 is 6.04. The van der Waals surface area contributed by atoms with Crippen LogP contribution in [0.25, 0.3) is 11.4 Å². The normalized spacial score (nSPS) is 17.9. The van der Waals surface area contributed by atoms with Gasteiger partial charge in [0, 0.05) is 21.7 Å². The van der Waals surface area contributed by atoms with Crippen LogP contribution >= 0.6 is 11.6 Å². The Morgan fingerprint density at radius 1 is 1.06 bits per heavy atom. The highest BCUT2D eigenvalue weighted by Crippen LogP contribution is 2.33. The maximum Gasteiger partial charge on any atom is 0.280 e. The van der Waals surface area contributed by atoms with Crippen molar-refractivity contribution in [3.05, 3.63) is 101 Å². The molecule has 1 unspecified atom stereocenters. The van der Waals surface area contributed by atoms with E-state index in [0.29, 0.717) is 33.2 Å². The second-order valence-electron chi connectivity index (χ2n) is 7.83. The van der Waals surface area contributed by atoms with E-state index in [1.165, 1.54) is 5.01 Å². The molecule has 0 fully saturated rings. The van der Waals surface area contributed by atoms with E-state index in [2.05, 4.69) is 30.7 Å². The fourth-order valence-corrected chi connectivity index (χ4v) is 3.94. The van der Waals surface area contributed by atoms with E-state index in [-0.39, 0.29) is 18.1 Å². The lowest BCUT2D eigenvalue weighted by molar-refractivity contribution is 0.0981. The van der Waals surface area contributed by atoms with Crippen LogP contribution in [0.15, 0.2) is 89.0 Å². The average Bonchev–Trinajstić information content (AvgIpc) is 3.54. The van der Waals surface area contributed by atoms with Crippen LogP contribution in [0.3, 0.4) is 0 Å². The number of nitrogens with one attached hydrogen (secondary N) is 1. The molecule has 0 bridgehead atoms. The number of tetrazole rings is 1. The zero-order valence-corrected chi connectivity index (χ0v) is 19.0. The van der Waals surface area contributed by atoms with Crippen molar-refractivity contribution in [3.63, 3.8) is 0 Å². The van der Waals surface area contributed by atoms with E-state index in [1.54, 1.807) is 60.7 Å². The quantitative estimate of drug-likeness (QED) is 0.297. The van der Waals surface area contributed by atoms with Crippen LogP contribution in [0.4, 0.5) is 0 Å². The molecule has 5 rings (SSSR count). The predicted octanol–water partition coefficient (Wildman–Crippen LogP) is 2.58. The van der Waals surface area contributed by atoms with Crippen molar-refractivity contribution >= 4 is 29.2 Å². The van der Waals surface area contributed by atoms with Crippen molar-refractivity contribution in [2.75, 3.05) is 6.54 Å². The summed E-state index contributed by atoms with van der Waals surface area (Å²) in [6, 6.07) is 22.7. The van der Waals surface area contributed by atoms with Crippen LogP contribution in [-0.2, 0) is 5.60 Å². The molecular weight excluding hydrogens is 468 g/mol. The number of aliphatic hydroxyl groups is 1. The van der Waals surface area contributed by atoms with Gasteiger partial charge in [0.2, 0.25) is 11.8 Å². The summed E-state index contributed by atoms with van der Waals surface area (Å²) < 4.78 is 0. The summed E-state index contributed by atoms with van der Waals surface area (Å²) in [6.07, 6.45) is 0. The molecule has 0 spiro atoms. The lowest BCUT2D eigenvalue weighted by atomic mass is 9.86. The molecule has 2 heterocycles. The molecule has 174 valence electrons.